The number of hydrogen-bond acceptors (Lipinski definition) is 4. The van der Waals surface area contributed by atoms with Crippen LogP contribution in [0.25, 0.3) is 0 Å². The minimum absolute atomic E-state index is 0.0238. The van der Waals surface area contributed by atoms with Gasteiger partial charge in [-0.3, -0.25) is 0 Å². The molecule has 4 heteroatoms. The van der Waals surface area contributed by atoms with E-state index in [4.69, 9.17) is 9.84 Å². The first-order valence-electron chi connectivity index (χ1n) is 4.02. The summed E-state index contributed by atoms with van der Waals surface area (Å²) < 4.78 is 5.36. The van der Waals surface area contributed by atoms with Gasteiger partial charge in [0, 0.05) is 0 Å². The number of thioether (sulfide) groups is 1. The van der Waals surface area contributed by atoms with Crippen LogP contribution in [0.15, 0.2) is 12.2 Å². The van der Waals surface area contributed by atoms with Crippen LogP contribution in [0.5, 0.6) is 0 Å². The maximum atomic E-state index is 9.40. The van der Waals surface area contributed by atoms with E-state index < -0.39 is 6.10 Å². The Kier molecular flexibility index (Phi) is 4.08. The standard InChI is InChI=1S/C8H14O3S/c1-2-12-8-7(10)4-3-6(5-9)11-8/h3-4,6-10H,2,5H2,1H3/t6-,7-,8+/m0/s1. The number of hydrogen-bond donors (Lipinski definition) is 2. The Morgan fingerprint density at radius 3 is 2.83 bits per heavy atom. The molecule has 70 valence electrons. The quantitative estimate of drug-likeness (QED) is 0.631. The largest absolute Gasteiger partial charge is 0.393 e. The minimum atomic E-state index is -0.544. The second kappa shape index (κ2) is 4.87. The first-order valence-corrected chi connectivity index (χ1v) is 5.07. The van der Waals surface area contributed by atoms with Gasteiger partial charge < -0.3 is 14.9 Å². The SMILES string of the molecule is CCS[C@H]1O[C@H](CO)C=C[C@@H]1O. The lowest BCUT2D eigenvalue weighted by Gasteiger charge is -2.27. The summed E-state index contributed by atoms with van der Waals surface area (Å²) in [6, 6.07) is 0. The molecule has 0 bridgehead atoms. The highest BCUT2D eigenvalue weighted by molar-refractivity contribution is 7.99. The molecule has 0 fully saturated rings. The van der Waals surface area contributed by atoms with Gasteiger partial charge in [0.15, 0.2) is 0 Å². The van der Waals surface area contributed by atoms with Crippen LogP contribution >= 0.6 is 11.8 Å². The van der Waals surface area contributed by atoms with Gasteiger partial charge in [0.1, 0.15) is 17.6 Å². The van der Waals surface area contributed by atoms with Crippen molar-refractivity contribution < 1.29 is 14.9 Å². The lowest BCUT2D eigenvalue weighted by atomic mass is 10.2. The highest BCUT2D eigenvalue weighted by Crippen LogP contribution is 2.22. The van der Waals surface area contributed by atoms with Crippen molar-refractivity contribution in [3.63, 3.8) is 0 Å². The Morgan fingerprint density at radius 2 is 2.25 bits per heavy atom. The van der Waals surface area contributed by atoms with Gasteiger partial charge in [0.05, 0.1) is 6.61 Å². The summed E-state index contributed by atoms with van der Waals surface area (Å²) in [5, 5.41) is 18.2. The Bertz CT molecular complexity index is 160. The predicted octanol–water partition coefficient (Wildman–Crippen LogP) is 0.374. The van der Waals surface area contributed by atoms with E-state index in [0.29, 0.717) is 0 Å². The van der Waals surface area contributed by atoms with Crippen molar-refractivity contribution in [2.24, 2.45) is 0 Å². The molecule has 0 amide bonds. The van der Waals surface area contributed by atoms with E-state index in [1.54, 1.807) is 23.9 Å². The van der Waals surface area contributed by atoms with Gasteiger partial charge in [-0.2, -0.15) is 0 Å². The highest BCUT2D eigenvalue weighted by atomic mass is 32.2. The zero-order valence-electron chi connectivity index (χ0n) is 7.01. The van der Waals surface area contributed by atoms with E-state index in [1.165, 1.54) is 0 Å². The van der Waals surface area contributed by atoms with Gasteiger partial charge in [-0.1, -0.05) is 19.1 Å². The minimum Gasteiger partial charge on any atom is -0.393 e. The molecule has 0 unspecified atom stereocenters. The molecule has 0 saturated carbocycles. The topological polar surface area (TPSA) is 49.7 Å². The number of rotatable bonds is 3. The number of ether oxygens (including phenoxy) is 1. The van der Waals surface area contributed by atoms with Crippen molar-refractivity contribution in [2.75, 3.05) is 12.4 Å². The molecule has 1 aliphatic heterocycles. The lowest BCUT2D eigenvalue weighted by molar-refractivity contribution is -0.0271. The fourth-order valence-corrected chi connectivity index (χ4v) is 1.87. The fraction of sp³-hybridized carbons (Fsp3) is 0.750. The summed E-state index contributed by atoms with van der Waals surface area (Å²) in [5.74, 6) is 0.897. The van der Waals surface area contributed by atoms with Crippen LogP contribution in [0.1, 0.15) is 6.92 Å². The molecule has 3 atom stereocenters. The van der Waals surface area contributed by atoms with Crippen LogP contribution in [0.4, 0.5) is 0 Å². The van der Waals surface area contributed by atoms with Gasteiger partial charge >= 0.3 is 0 Å². The van der Waals surface area contributed by atoms with E-state index >= 15 is 0 Å². The second-order valence-corrected chi connectivity index (χ2v) is 3.93. The monoisotopic (exact) mass is 190 g/mol. The summed E-state index contributed by atoms with van der Waals surface area (Å²) in [5.41, 5.74) is -0.225. The molecular formula is C8H14O3S. The van der Waals surface area contributed by atoms with Crippen molar-refractivity contribution in [2.45, 2.75) is 24.6 Å². The number of aliphatic hydroxyl groups excluding tert-OH is 2. The van der Waals surface area contributed by atoms with Crippen molar-refractivity contribution in [3.05, 3.63) is 12.2 Å². The van der Waals surface area contributed by atoms with Crippen molar-refractivity contribution in [1.29, 1.82) is 0 Å². The van der Waals surface area contributed by atoms with Gasteiger partial charge in [-0.25, -0.2) is 0 Å². The Balaban J connectivity index is 2.47. The van der Waals surface area contributed by atoms with E-state index in [1.807, 2.05) is 6.92 Å². The Morgan fingerprint density at radius 1 is 1.50 bits per heavy atom. The Hall–Kier alpha value is -0.0300. The van der Waals surface area contributed by atoms with E-state index in [9.17, 15) is 5.11 Å². The fourth-order valence-electron chi connectivity index (χ4n) is 1.03. The van der Waals surface area contributed by atoms with Gasteiger partial charge in [0.25, 0.3) is 0 Å². The molecular weight excluding hydrogens is 176 g/mol. The summed E-state index contributed by atoms with van der Waals surface area (Å²) >= 11 is 1.54. The predicted molar refractivity (Wildman–Crippen MR) is 49.0 cm³/mol. The molecule has 0 aromatic heterocycles. The maximum absolute atomic E-state index is 9.40. The molecule has 2 N–H and O–H groups in total. The summed E-state index contributed by atoms with van der Waals surface area (Å²) in [7, 11) is 0. The van der Waals surface area contributed by atoms with Crippen LogP contribution in [0, 0.1) is 0 Å². The van der Waals surface area contributed by atoms with E-state index in [0.717, 1.165) is 5.75 Å². The van der Waals surface area contributed by atoms with Gasteiger partial charge in [-0.15, -0.1) is 11.8 Å². The molecule has 0 radical (unpaired) electrons. The van der Waals surface area contributed by atoms with Crippen LogP contribution in [0.2, 0.25) is 0 Å². The molecule has 0 aromatic carbocycles. The molecule has 3 nitrogen and oxygen atoms in total. The molecule has 1 rings (SSSR count). The second-order valence-electron chi connectivity index (χ2n) is 2.56. The maximum Gasteiger partial charge on any atom is 0.133 e. The average Bonchev–Trinajstić information content (AvgIpc) is 2.09. The normalized spacial score (nSPS) is 35.4. The summed E-state index contributed by atoms with van der Waals surface area (Å²) in [6.07, 6.45) is 2.57. The molecule has 12 heavy (non-hydrogen) atoms. The van der Waals surface area contributed by atoms with Crippen molar-refractivity contribution >= 4 is 11.8 Å². The third-order valence-electron chi connectivity index (χ3n) is 1.62. The molecule has 1 heterocycles. The van der Waals surface area contributed by atoms with Crippen LogP contribution in [0.3, 0.4) is 0 Å². The zero-order valence-corrected chi connectivity index (χ0v) is 7.83. The molecule has 1 aliphatic rings. The molecule has 0 saturated heterocycles. The molecule has 0 aromatic rings. The number of aliphatic hydroxyl groups is 2. The highest BCUT2D eigenvalue weighted by Gasteiger charge is 2.24. The van der Waals surface area contributed by atoms with E-state index in [2.05, 4.69) is 0 Å². The van der Waals surface area contributed by atoms with Crippen LogP contribution in [-0.4, -0.2) is 40.2 Å². The van der Waals surface area contributed by atoms with Gasteiger partial charge in [-0.05, 0) is 5.75 Å². The van der Waals surface area contributed by atoms with E-state index in [-0.39, 0.29) is 18.1 Å². The third-order valence-corrected chi connectivity index (χ3v) is 2.67. The Labute approximate surface area is 76.4 Å². The molecule has 0 spiro atoms. The molecule has 0 aliphatic carbocycles. The average molecular weight is 190 g/mol. The van der Waals surface area contributed by atoms with Crippen molar-refractivity contribution in [1.82, 2.24) is 0 Å². The zero-order chi connectivity index (χ0) is 8.97. The van der Waals surface area contributed by atoms with Gasteiger partial charge in [0.2, 0.25) is 0 Å². The lowest BCUT2D eigenvalue weighted by Crippen LogP contribution is -2.34. The summed E-state index contributed by atoms with van der Waals surface area (Å²) in [6.45, 7) is 1.98. The van der Waals surface area contributed by atoms with Crippen molar-refractivity contribution in [3.8, 4) is 0 Å². The first-order chi connectivity index (χ1) is 5.77. The smallest absolute Gasteiger partial charge is 0.133 e. The summed E-state index contributed by atoms with van der Waals surface area (Å²) in [4.78, 5) is 0. The van der Waals surface area contributed by atoms with Crippen LogP contribution < -0.4 is 0 Å². The first kappa shape index (κ1) is 10.1. The van der Waals surface area contributed by atoms with Crippen LogP contribution in [-0.2, 0) is 4.74 Å². The third kappa shape index (κ3) is 2.48.